The van der Waals surface area contributed by atoms with Crippen molar-refractivity contribution in [2.75, 3.05) is 14.2 Å². The number of esters is 2. The van der Waals surface area contributed by atoms with Gasteiger partial charge in [-0.25, -0.2) is 0 Å². The lowest BCUT2D eigenvalue weighted by Gasteiger charge is -2.43. The van der Waals surface area contributed by atoms with Crippen LogP contribution in [0.15, 0.2) is 54.6 Å². The molecule has 5 rings (SSSR count). The van der Waals surface area contributed by atoms with Crippen molar-refractivity contribution in [1.82, 2.24) is 0 Å². The Kier molecular flexibility index (Phi) is 9.64. The van der Waals surface area contributed by atoms with Crippen molar-refractivity contribution in [3.63, 3.8) is 0 Å². The van der Waals surface area contributed by atoms with Crippen LogP contribution >= 0.6 is 0 Å². The summed E-state index contributed by atoms with van der Waals surface area (Å²) in [5.74, 6) is 0.0633. The van der Waals surface area contributed by atoms with Gasteiger partial charge in [0.2, 0.25) is 0 Å². The standard InChI is InChI=1S/C35H40O9/c1-20(37)43-32-18-28(44-35(40)10-21-5-4-6-22(9-21)19-36)13-24(23-7-8-30(38)33(16-23)41-2)11-27-12-25-15-31(39)34(42-3)17-26(25)14-29(27)32/h4-9,15-17,24,27-29,32,36,38-39H,10-14,18-19H2,1-3H3/t24-,27+,28-,29-,32+/m0/s1. The van der Waals surface area contributed by atoms with E-state index in [1.165, 1.54) is 21.1 Å². The normalized spacial score (nSPS) is 22.9. The van der Waals surface area contributed by atoms with Crippen LogP contribution in [0.25, 0.3) is 0 Å². The molecule has 0 heterocycles. The topological polar surface area (TPSA) is 132 Å². The summed E-state index contributed by atoms with van der Waals surface area (Å²) in [5, 5.41) is 30.3. The number of aliphatic hydroxyl groups excluding tert-OH is 1. The Morgan fingerprint density at radius 1 is 0.818 bits per heavy atom. The molecule has 0 amide bonds. The lowest BCUT2D eigenvalue weighted by Crippen LogP contribution is -2.43. The molecule has 0 saturated heterocycles. The molecule has 0 spiro atoms. The van der Waals surface area contributed by atoms with Crippen molar-refractivity contribution in [2.45, 2.75) is 70.2 Å². The summed E-state index contributed by atoms with van der Waals surface area (Å²) in [6, 6.07) is 16.1. The summed E-state index contributed by atoms with van der Waals surface area (Å²) in [6.45, 7) is 1.27. The SMILES string of the molecule is COc1cc([C@@H]2C[C@H](OC(=O)Cc3cccc(CO)c3)C[C@@H](OC(C)=O)[C@H]3Cc4cc(OC)c(O)cc4C[C@H]3C2)ccc1O. The van der Waals surface area contributed by atoms with Crippen LogP contribution in [-0.4, -0.2) is 53.7 Å². The number of fused-ring (bicyclic) bond motifs is 2. The Morgan fingerprint density at radius 2 is 1.55 bits per heavy atom. The number of ether oxygens (including phenoxy) is 4. The van der Waals surface area contributed by atoms with Crippen molar-refractivity contribution in [3.05, 3.63) is 82.4 Å². The number of benzene rings is 3. The Labute approximate surface area is 257 Å². The Balaban J connectivity index is 1.49. The zero-order valence-corrected chi connectivity index (χ0v) is 25.3. The van der Waals surface area contributed by atoms with Gasteiger partial charge in [-0.3, -0.25) is 9.59 Å². The summed E-state index contributed by atoms with van der Waals surface area (Å²) >= 11 is 0. The van der Waals surface area contributed by atoms with E-state index >= 15 is 0 Å². The average Bonchev–Trinajstić information content (AvgIpc) is 2.99. The van der Waals surface area contributed by atoms with E-state index in [1.807, 2.05) is 24.3 Å². The van der Waals surface area contributed by atoms with Crippen molar-refractivity contribution in [1.29, 1.82) is 0 Å². The highest BCUT2D eigenvalue weighted by atomic mass is 16.6. The highest BCUT2D eigenvalue weighted by Crippen LogP contribution is 2.46. The quantitative estimate of drug-likeness (QED) is 0.304. The van der Waals surface area contributed by atoms with Crippen molar-refractivity contribution >= 4 is 11.9 Å². The first-order chi connectivity index (χ1) is 21.2. The van der Waals surface area contributed by atoms with E-state index in [9.17, 15) is 24.9 Å². The van der Waals surface area contributed by atoms with Gasteiger partial charge in [-0.2, -0.15) is 0 Å². The fraction of sp³-hybridized carbons (Fsp3) is 0.429. The molecule has 1 saturated carbocycles. The van der Waals surface area contributed by atoms with Crippen LogP contribution < -0.4 is 9.47 Å². The molecule has 0 bridgehead atoms. The maximum atomic E-state index is 13.3. The fourth-order valence-corrected chi connectivity index (χ4v) is 6.95. The maximum Gasteiger partial charge on any atom is 0.310 e. The van der Waals surface area contributed by atoms with E-state index < -0.39 is 24.1 Å². The smallest absolute Gasteiger partial charge is 0.310 e. The largest absolute Gasteiger partial charge is 0.504 e. The molecule has 0 unspecified atom stereocenters. The van der Waals surface area contributed by atoms with Crippen LogP contribution in [0.2, 0.25) is 0 Å². The first-order valence-electron chi connectivity index (χ1n) is 15.0. The van der Waals surface area contributed by atoms with E-state index in [0.717, 1.165) is 22.3 Å². The third-order valence-electron chi connectivity index (χ3n) is 8.96. The molecule has 0 radical (unpaired) electrons. The van der Waals surface area contributed by atoms with E-state index in [-0.39, 0.29) is 42.3 Å². The van der Waals surface area contributed by atoms with Crippen LogP contribution in [0.1, 0.15) is 59.9 Å². The molecule has 9 heteroatoms. The second-order valence-corrected chi connectivity index (χ2v) is 11.9. The van der Waals surface area contributed by atoms with Gasteiger partial charge in [-0.15, -0.1) is 0 Å². The summed E-state index contributed by atoms with van der Waals surface area (Å²) in [5.41, 5.74) is 4.46. The number of carbonyl (C=O) groups is 2. The number of carbonyl (C=O) groups excluding carboxylic acids is 2. The number of aromatic hydroxyl groups is 2. The van der Waals surface area contributed by atoms with Crippen LogP contribution in [0.4, 0.5) is 0 Å². The maximum absolute atomic E-state index is 13.3. The number of phenolic OH excluding ortho intramolecular Hbond substituents is 2. The van der Waals surface area contributed by atoms with E-state index in [2.05, 4.69) is 0 Å². The first kappa shape index (κ1) is 31.2. The predicted octanol–water partition coefficient (Wildman–Crippen LogP) is 4.99. The van der Waals surface area contributed by atoms with Crippen molar-refractivity contribution < 1.29 is 43.9 Å². The van der Waals surface area contributed by atoms with Crippen LogP contribution in [-0.2, 0) is 44.9 Å². The molecular weight excluding hydrogens is 564 g/mol. The lowest BCUT2D eigenvalue weighted by atomic mass is 9.66. The molecule has 3 N–H and O–H groups in total. The Hall–Kier alpha value is -4.24. The fourth-order valence-electron chi connectivity index (χ4n) is 6.95. The Morgan fingerprint density at radius 3 is 2.27 bits per heavy atom. The van der Waals surface area contributed by atoms with Gasteiger partial charge in [0, 0.05) is 19.3 Å². The molecule has 2 aliphatic carbocycles. The zero-order valence-electron chi connectivity index (χ0n) is 25.3. The van der Waals surface area contributed by atoms with Crippen LogP contribution in [0.3, 0.4) is 0 Å². The molecule has 3 aromatic rings. The number of aliphatic hydroxyl groups is 1. The summed E-state index contributed by atoms with van der Waals surface area (Å²) in [7, 11) is 3.02. The van der Waals surface area contributed by atoms with Gasteiger partial charge in [0.15, 0.2) is 23.0 Å². The van der Waals surface area contributed by atoms with E-state index in [0.29, 0.717) is 49.2 Å². The molecule has 2 aliphatic rings. The van der Waals surface area contributed by atoms with Gasteiger partial charge in [-0.05, 0) is 89.6 Å². The van der Waals surface area contributed by atoms with Crippen LogP contribution in [0.5, 0.6) is 23.0 Å². The molecule has 5 atom stereocenters. The number of phenols is 2. The second-order valence-electron chi connectivity index (χ2n) is 11.9. The van der Waals surface area contributed by atoms with Crippen molar-refractivity contribution in [3.8, 4) is 23.0 Å². The number of hydrogen-bond donors (Lipinski definition) is 3. The van der Waals surface area contributed by atoms with Gasteiger partial charge in [-0.1, -0.05) is 30.3 Å². The van der Waals surface area contributed by atoms with E-state index in [1.54, 1.807) is 30.3 Å². The van der Waals surface area contributed by atoms with Gasteiger partial charge in [0.1, 0.15) is 12.2 Å². The molecule has 0 aromatic heterocycles. The summed E-state index contributed by atoms with van der Waals surface area (Å²) < 4.78 is 22.9. The van der Waals surface area contributed by atoms with E-state index in [4.69, 9.17) is 18.9 Å². The molecule has 3 aromatic carbocycles. The van der Waals surface area contributed by atoms with Crippen LogP contribution in [0, 0.1) is 11.8 Å². The summed E-state index contributed by atoms with van der Waals surface area (Å²) in [6.07, 6.45) is 1.81. The number of rotatable bonds is 8. The molecule has 1 fully saturated rings. The Bertz CT molecular complexity index is 1500. The molecule has 44 heavy (non-hydrogen) atoms. The molecule has 9 nitrogen and oxygen atoms in total. The highest BCUT2D eigenvalue weighted by molar-refractivity contribution is 5.73. The minimum atomic E-state index is -0.547. The predicted molar refractivity (Wildman–Crippen MR) is 162 cm³/mol. The van der Waals surface area contributed by atoms with Gasteiger partial charge < -0.3 is 34.3 Å². The third kappa shape index (κ3) is 7.10. The highest BCUT2D eigenvalue weighted by Gasteiger charge is 2.42. The number of hydrogen-bond acceptors (Lipinski definition) is 9. The molecule has 234 valence electrons. The molecule has 0 aliphatic heterocycles. The minimum Gasteiger partial charge on any atom is -0.504 e. The van der Waals surface area contributed by atoms with Gasteiger partial charge >= 0.3 is 11.9 Å². The second kappa shape index (κ2) is 13.6. The first-order valence-corrected chi connectivity index (χ1v) is 15.0. The lowest BCUT2D eigenvalue weighted by molar-refractivity contribution is -0.159. The average molecular weight is 605 g/mol. The zero-order chi connectivity index (χ0) is 31.4. The third-order valence-corrected chi connectivity index (χ3v) is 8.96. The number of methoxy groups -OCH3 is 2. The summed E-state index contributed by atoms with van der Waals surface area (Å²) in [4.78, 5) is 25.6. The minimum absolute atomic E-state index is 0.0407. The van der Waals surface area contributed by atoms with Gasteiger partial charge in [0.25, 0.3) is 0 Å². The van der Waals surface area contributed by atoms with Gasteiger partial charge in [0.05, 0.1) is 27.2 Å². The molecular formula is C35H40O9. The van der Waals surface area contributed by atoms with Crippen molar-refractivity contribution in [2.24, 2.45) is 11.8 Å². The monoisotopic (exact) mass is 604 g/mol.